The molecule has 0 saturated heterocycles. The maximum absolute atomic E-state index is 13.0. The molecule has 2 rings (SSSR count). The van der Waals surface area contributed by atoms with E-state index in [1.165, 1.54) is 18.9 Å². The van der Waals surface area contributed by atoms with Crippen LogP contribution in [0.25, 0.3) is 0 Å². The molecule has 82 valence electrons. The van der Waals surface area contributed by atoms with Crippen molar-refractivity contribution in [2.24, 2.45) is 11.7 Å². The number of hydrogen-bond acceptors (Lipinski definition) is 2. The molecule has 1 atom stereocenters. The molecule has 1 aromatic rings. The molecule has 0 radical (unpaired) electrons. The highest BCUT2D eigenvalue weighted by molar-refractivity contribution is 5.45. The molecule has 1 aromatic carbocycles. The number of rotatable bonds is 4. The van der Waals surface area contributed by atoms with Crippen LogP contribution in [0, 0.1) is 11.7 Å². The lowest BCUT2D eigenvalue weighted by atomic mass is 10.2. The Labute approximate surface area is 89.9 Å². The number of halogens is 1. The maximum atomic E-state index is 13.0. The van der Waals surface area contributed by atoms with Crippen molar-refractivity contribution in [3.8, 4) is 0 Å². The zero-order valence-corrected chi connectivity index (χ0v) is 8.99. The summed E-state index contributed by atoms with van der Waals surface area (Å²) >= 11 is 0. The topological polar surface area (TPSA) is 29.3 Å². The Morgan fingerprint density at radius 1 is 1.53 bits per heavy atom. The monoisotopic (exact) mass is 208 g/mol. The summed E-state index contributed by atoms with van der Waals surface area (Å²) in [6.07, 6.45) is 2.50. The van der Waals surface area contributed by atoms with Gasteiger partial charge in [0.1, 0.15) is 5.82 Å². The van der Waals surface area contributed by atoms with Gasteiger partial charge in [0, 0.05) is 25.3 Å². The average molecular weight is 208 g/mol. The quantitative estimate of drug-likeness (QED) is 0.820. The standard InChI is InChI=1S/C12H17FN2/c1-15(8-12(14)9-5-6-9)11-4-2-3-10(13)7-11/h2-4,7,9,12H,5-6,8,14H2,1H3. The molecule has 1 fully saturated rings. The minimum Gasteiger partial charge on any atom is -0.373 e. The van der Waals surface area contributed by atoms with Gasteiger partial charge in [0.05, 0.1) is 0 Å². The van der Waals surface area contributed by atoms with Gasteiger partial charge in [-0.2, -0.15) is 0 Å². The second-order valence-electron chi connectivity index (χ2n) is 4.36. The zero-order valence-electron chi connectivity index (χ0n) is 8.99. The first-order chi connectivity index (χ1) is 7.16. The van der Waals surface area contributed by atoms with E-state index >= 15 is 0 Å². The van der Waals surface area contributed by atoms with Crippen molar-refractivity contribution in [3.05, 3.63) is 30.1 Å². The lowest BCUT2D eigenvalue weighted by molar-refractivity contribution is 0.587. The fourth-order valence-electron chi connectivity index (χ4n) is 1.81. The number of anilines is 1. The Bertz CT molecular complexity index is 336. The van der Waals surface area contributed by atoms with E-state index in [0.29, 0.717) is 5.92 Å². The lowest BCUT2D eigenvalue weighted by Crippen LogP contribution is -2.36. The van der Waals surface area contributed by atoms with Gasteiger partial charge in [0.25, 0.3) is 0 Å². The lowest BCUT2D eigenvalue weighted by Gasteiger charge is -2.23. The largest absolute Gasteiger partial charge is 0.373 e. The van der Waals surface area contributed by atoms with Gasteiger partial charge >= 0.3 is 0 Å². The highest BCUT2D eigenvalue weighted by Crippen LogP contribution is 2.32. The minimum atomic E-state index is -0.195. The van der Waals surface area contributed by atoms with Crippen LogP contribution in [0.1, 0.15) is 12.8 Å². The van der Waals surface area contributed by atoms with Crippen LogP contribution in [0.4, 0.5) is 10.1 Å². The SMILES string of the molecule is CN(CC(N)C1CC1)c1cccc(F)c1. The molecule has 1 saturated carbocycles. The summed E-state index contributed by atoms with van der Waals surface area (Å²) in [5, 5.41) is 0. The number of hydrogen-bond donors (Lipinski definition) is 1. The molecule has 0 amide bonds. The minimum absolute atomic E-state index is 0.195. The van der Waals surface area contributed by atoms with Gasteiger partial charge in [-0.15, -0.1) is 0 Å². The molecule has 0 heterocycles. The van der Waals surface area contributed by atoms with Gasteiger partial charge in [-0.3, -0.25) is 0 Å². The van der Waals surface area contributed by atoms with E-state index in [1.807, 2.05) is 18.0 Å². The second kappa shape index (κ2) is 4.19. The molecule has 1 aliphatic rings. The van der Waals surface area contributed by atoms with Crippen molar-refractivity contribution in [1.29, 1.82) is 0 Å². The van der Waals surface area contributed by atoms with Crippen molar-refractivity contribution >= 4 is 5.69 Å². The fourth-order valence-corrected chi connectivity index (χ4v) is 1.81. The van der Waals surface area contributed by atoms with Crippen molar-refractivity contribution in [3.63, 3.8) is 0 Å². The third kappa shape index (κ3) is 2.69. The maximum Gasteiger partial charge on any atom is 0.125 e. The van der Waals surface area contributed by atoms with E-state index in [2.05, 4.69) is 0 Å². The molecular formula is C12H17FN2. The molecule has 0 aromatic heterocycles. The summed E-state index contributed by atoms with van der Waals surface area (Å²) in [5.74, 6) is 0.486. The van der Waals surface area contributed by atoms with Crippen LogP contribution < -0.4 is 10.6 Å². The average Bonchev–Trinajstić information content (AvgIpc) is 3.00. The van der Waals surface area contributed by atoms with Gasteiger partial charge in [-0.05, 0) is 37.0 Å². The Hall–Kier alpha value is -1.09. The fraction of sp³-hybridized carbons (Fsp3) is 0.500. The molecule has 1 unspecified atom stereocenters. The Balaban J connectivity index is 1.97. The number of nitrogens with two attached hydrogens (primary N) is 1. The predicted molar refractivity (Wildman–Crippen MR) is 60.4 cm³/mol. The first kappa shape index (κ1) is 10.4. The van der Waals surface area contributed by atoms with E-state index in [4.69, 9.17) is 5.73 Å². The summed E-state index contributed by atoms with van der Waals surface area (Å²) in [5.41, 5.74) is 6.91. The molecule has 2 N–H and O–H groups in total. The van der Waals surface area contributed by atoms with Crippen LogP contribution in [-0.2, 0) is 0 Å². The number of nitrogens with zero attached hydrogens (tertiary/aromatic N) is 1. The van der Waals surface area contributed by atoms with E-state index in [1.54, 1.807) is 12.1 Å². The number of likely N-dealkylation sites (N-methyl/N-ethyl adjacent to an activating group) is 1. The summed E-state index contributed by atoms with van der Waals surface area (Å²) in [7, 11) is 1.96. The first-order valence-corrected chi connectivity index (χ1v) is 5.39. The van der Waals surface area contributed by atoms with E-state index in [9.17, 15) is 4.39 Å². The summed E-state index contributed by atoms with van der Waals surface area (Å²) in [6.45, 7) is 0.800. The molecule has 2 nitrogen and oxygen atoms in total. The van der Waals surface area contributed by atoms with Crippen LogP contribution >= 0.6 is 0 Å². The molecule has 0 spiro atoms. The van der Waals surface area contributed by atoms with E-state index in [0.717, 1.165) is 12.2 Å². The van der Waals surface area contributed by atoms with Gasteiger partial charge in [-0.25, -0.2) is 4.39 Å². The van der Waals surface area contributed by atoms with Crippen molar-refractivity contribution in [2.75, 3.05) is 18.5 Å². The van der Waals surface area contributed by atoms with Gasteiger partial charge in [0.15, 0.2) is 0 Å². The molecule has 0 aliphatic heterocycles. The van der Waals surface area contributed by atoms with Crippen molar-refractivity contribution in [1.82, 2.24) is 0 Å². The van der Waals surface area contributed by atoms with E-state index < -0.39 is 0 Å². The van der Waals surface area contributed by atoms with Crippen LogP contribution in [0.2, 0.25) is 0 Å². The second-order valence-corrected chi connectivity index (χ2v) is 4.36. The van der Waals surface area contributed by atoms with Crippen molar-refractivity contribution < 1.29 is 4.39 Å². The molecule has 3 heteroatoms. The Morgan fingerprint density at radius 3 is 2.87 bits per heavy atom. The summed E-state index contributed by atoms with van der Waals surface area (Å²) in [4.78, 5) is 2.02. The van der Waals surface area contributed by atoms with Crippen LogP contribution in [0.15, 0.2) is 24.3 Å². The van der Waals surface area contributed by atoms with Gasteiger partial charge < -0.3 is 10.6 Å². The molecule has 1 aliphatic carbocycles. The first-order valence-electron chi connectivity index (χ1n) is 5.39. The number of benzene rings is 1. The normalized spacial score (nSPS) is 17.5. The molecular weight excluding hydrogens is 191 g/mol. The highest BCUT2D eigenvalue weighted by Gasteiger charge is 2.29. The summed E-state index contributed by atoms with van der Waals surface area (Å²) < 4.78 is 13.0. The van der Waals surface area contributed by atoms with Crippen LogP contribution in [0.3, 0.4) is 0 Å². The zero-order chi connectivity index (χ0) is 10.8. The highest BCUT2D eigenvalue weighted by atomic mass is 19.1. The van der Waals surface area contributed by atoms with Crippen molar-refractivity contribution in [2.45, 2.75) is 18.9 Å². The smallest absolute Gasteiger partial charge is 0.125 e. The molecule has 15 heavy (non-hydrogen) atoms. The Morgan fingerprint density at radius 2 is 2.27 bits per heavy atom. The molecule has 0 bridgehead atoms. The Kier molecular flexibility index (Phi) is 2.91. The van der Waals surface area contributed by atoms with Gasteiger partial charge in [-0.1, -0.05) is 6.07 Å². The van der Waals surface area contributed by atoms with E-state index in [-0.39, 0.29) is 11.9 Å². The third-order valence-electron chi connectivity index (χ3n) is 2.96. The van der Waals surface area contributed by atoms with Crippen LogP contribution in [-0.4, -0.2) is 19.6 Å². The van der Waals surface area contributed by atoms with Gasteiger partial charge in [0.2, 0.25) is 0 Å². The van der Waals surface area contributed by atoms with Crippen LogP contribution in [0.5, 0.6) is 0 Å². The third-order valence-corrected chi connectivity index (χ3v) is 2.96. The summed E-state index contributed by atoms with van der Waals surface area (Å²) in [6, 6.07) is 6.85. The predicted octanol–water partition coefficient (Wildman–Crippen LogP) is 2.00.